The summed E-state index contributed by atoms with van der Waals surface area (Å²) in [6.07, 6.45) is 6.29. The predicted octanol–water partition coefficient (Wildman–Crippen LogP) is 2.41. The number of anilines is 1. The van der Waals surface area contributed by atoms with Crippen LogP contribution in [0.3, 0.4) is 0 Å². The van der Waals surface area contributed by atoms with E-state index in [1.54, 1.807) is 0 Å². The first kappa shape index (κ1) is 28.1. The Bertz CT molecular complexity index is 1120. The van der Waals surface area contributed by atoms with Gasteiger partial charge in [0, 0.05) is 38.5 Å². The second-order valence-corrected chi connectivity index (χ2v) is 11.5. The maximum absolute atomic E-state index is 13.4. The number of amides is 1. The number of nitrogens with one attached hydrogen (secondary N) is 1. The molecule has 0 spiro atoms. The Morgan fingerprint density at radius 3 is 2.42 bits per heavy atom. The molecule has 0 radical (unpaired) electrons. The summed E-state index contributed by atoms with van der Waals surface area (Å²) < 4.78 is 0. The van der Waals surface area contributed by atoms with Gasteiger partial charge in [0.2, 0.25) is 0 Å². The van der Waals surface area contributed by atoms with Crippen molar-refractivity contribution in [3.8, 4) is 5.75 Å². The molecular weight excluding hydrogens is 486 g/mol. The van der Waals surface area contributed by atoms with Gasteiger partial charge in [-0.2, -0.15) is 0 Å². The number of Topliss-reactive ketones (excluding diaryl/α,β-unsaturated/α-hetero) is 2. The minimum Gasteiger partial charge on any atom is -0.511 e. The van der Waals surface area contributed by atoms with Crippen LogP contribution in [0, 0.1) is 23.7 Å². The first-order valence-electron chi connectivity index (χ1n) is 13.8. The maximum atomic E-state index is 13.4. The molecule has 0 bridgehead atoms. The van der Waals surface area contributed by atoms with Gasteiger partial charge in [0.25, 0.3) is 5.91 Å². The molecule has 6 N–H and O–H groups in total. The molecule has 38 heavy (non-hydrogen) atoms. The summed E-state index contributed by atoms with van der Waals surface area (Å²) in [7, 11) is 3.85. The summed E-state index contributed by atoms with van der Waals surface area (Å²) in [6.45, 7) is 1.69. The SMILES string of the molecule is CN(C)c1cc(CCCC2CCNCC2)c(O)c2c1CC(CC1CC(=O)C(C(N)=O)=C(O)C1CO)CC2=O. The highest BCUT2D eigenvalue weighted by atomic mass is 16.3. The molecule has 1 saturated heterocycles. The minimum absolute atomic E-state index is 0.0209. The third kappa shape index (κ3) is 5.73. The van der Waals surface area contributed by atoms with Gasteiger partial charge in [0.05, 0.1) is 12.2 Å². The number of aryl methyl sites for hydroxylation is 1. The second-order valence-electron chi connectivity index (χ2n) is 11.5. The Morgan fingerprint density at radius 1 is 1.08 bits per heavy atom. The molecule has 1 fully saturated rings. The number of piperidine rings is 1. The van der Waals surface area contributed by atoms with Gasteiger partial charge in [0.15, 0.2) is 11.6 Å². The van der Waals surface area contributed by atoms with Crippen molar-refractivity contribution in [2.75, 3.05) is 38.7 Å². The quantitative estimate of drug-likeness (QED) is 0.307. The van der Waals surface area contributed by atoms with Crippen LogP contribution in [0.15, 0.2) is 17.4 Å². The fourth-order valence-electron chi connectivity index (χ4n) is 6.70. The van der Waals surface area contributed by atoms with Gasteiger partial charge >= 0.3 is 0 Å². The first-order valence-corrected chi connectivity index (χ1v) is 13.8. The Morgan fingerprint density at radius 2 is 1.79 bits per heavy atom. The number of hydrogen-bond acceptors (Lipinski definition) is 8. The van der Waals surface area contributed by atoms with E-state index in [0.717, 1.165) is 49.2 Å². The number of hydrogen-bond donors (Lipinski definition) is 5. The van der Waals surface area contributed by atoms with Crippen molar-refractivity contribution >= 4 is 23.2 Å². The molecule has 1 aromatic carbocycles. The van der Waals surface area contributed by atoms with Crippen LogP contribution in [-0.2, 0) is 22.4 Å². The number of aromatic hydroxyl groups is 1. The standard InChI is InChI=1S/C29H41N3O6/c1-32(2)22-13-18(5-3-4-16-6-8-31-9-7-16)27(36)25-20(22)11-17(12-23(25)34)10-19-14-24(35)26(29(30)38)28(37)21(19)15-33/h13,16-17,19,21,31,33,36-37H,3-12,14-15H2,1-2H3,(H2,30,38). The van der Waals surface area contributed by atoms with Crippen LogP contribution in [0.2, 0.25) is 0 Å². The average Bonchev–Trinajstić information content (AvgIpc) is 2.85. The lowest BCUT2D eigenvalue weighted by Gasteiger charge is -2.35. The molecular formula is C29H41N3O6. The fourth-order valence-corrected chi connectivity index (χ4v) is 6.70. The second kappa shape index (κ2) is 11.9. The molecule has 0 aromatic heterocycles. The molecule has 2 aliphatic carbocycles. The van der Waals surface area contributed by atoms with Gasteiger partial charge < -0.3 is 31.3 Å². The highest BCUT2D eigenvalue weighted by molar-refractivity contribution is 6.19. The van der Waals surface area contributed by atoms with E-state index in [4.69, 9.17) is 5.73 Å². The van der Waals surface area contributed by atoms with E-state index >= 15 is 0 Å². The topological polar surface area (TPSA) is 153 Å². The highest BCUT2D eigenvalue weighted by Crippen LogP contribution is 2.44. The molecule has 0 saturated carbocycles. The van der Waals surface area contributed by atoms with Gasteiger partial charge in [-0.3, -0.25) is 14.4 Å². The van der Waals surface area contributed by atoms with Crippen molar-refractivity contribution in [3.05, 3.63) is 34.1 Å². The molecule has 1 aromatic rings. The van der Waals surface area contributed by atoms with E-state index in [-0.39, 0.29) is 30.3 Å². The van der Waals surface area contributed by atoms with Gasteiger partial charge in [-0.05, 0) is 86.6 Å². The molecule has 1 aliphatic heterocycles. The van der Waals surface area contributed by atoms with Crippen LogP contribution in [0.25, 0.3) is 0 Å². The van der Waals surface area contributed by atoms with Crippen molar-refractivity contribution in [2.24, 2.45) is 29.4 Å². The lowest BCUT2D eigenvalue weighted by Crippen LogP contribution is -2.37. The number of benzene rings is 1. The molecule has 1 heterocycles. The summed E-state index contributed by atoms with van der Waals surface area (Å²) in [4.78, 5) is 39.5. The zero-order valence-electron chi connectivity index (χ0n) is 22.5. The summed E-state index contributed by atoms with van der Waals surface area (Å²) in [5.41, 5.74) is 7.76. The lowest BCUT2D eigenvalue weighted by molar-refractivity contribution is -0.123. The number of aliphatic hydroxyl groups is 2. The third-order valence-corrected chi connectivity index (χ3v) is 8.69. The molecule has 1 amide bonds. The number of phenols is 1. The maximum Gasteiger partial charge on any atom is 0.255 e. The molecule has 3 aliphatic rings. The summed E-state index contributed by atoms with van der Waals surface area (Å²) in [5.74, 6) is -2.65. The Kier molecular flexibility index (Phi) is 8.78. The predicted molar refractivity (Wildman–Crippen MR) is 144 cm³/mol. The van der Waals surface area contributed by atoms with Crippen molar-refractivity contribution in [3.63, 3.8) is 0 Å². The molecule has 9 heteroatoms. The highest BCUT2D eigenvalue weighted by Gasteiger charge is 2.41. The largest absolute Gasteiger partial charge is 0.511 e. The van der Waals surface area contributed by atoms with Crippen molar-refractivity contribution in [2.45, 2.75) is 57.8 Å². The van der Waals surface area contributed by atoms with Crippen LogP contribution < -0.4 is 16.0 Å². The van der Waals surface area contributed by atoms with E-state index in [1.807, 2.05) is 25.1 Å². The van der Waals surface area contributed by atoms with E-state index in [0.29, 0.717) is 24.3 Å². The van der Waals surface area contributed by atoms with Crippen LogP contribution in [0.4, 0.5) is 5.69 Å². The van der Waals surface area contributed by atoms with Gasteiger partial charge in [-0.1, -0.05) is 6.42 Å². The van der Waals surface area contributed by atoms with Crippen LogP contribution in [0.1, 0.15) is 66.4 Å². The zero-order valence-corrected chi connectivity index (χ0v) is 22.5. The van der Waals surface area contributed by atoms with Crippen molar-refractivity contribution < 1.29 is 29.7 Å². The number of nitrogens with two attached hydrogens (primary N) is 1. The Labute approximate surface area is 224 Å². The Hall–Kier alpha value is -2.91. The normalized spacial score (nSPS) is 24.4. The van der Waals surface area contributed by atoms with Crippen molar-refractivity contribution in [1.29, 1.82) is 0 Å². The number of fused-ring (bicyclic) bond motifs is 1. The molecule has 208 valence electrons. The molecule has 4 rings (SSSR count). The van der Waals surface area contributed by atoms with Crippen LogP contribution in [0.5, 0.6) is 5.75 Å². The molecule has 3 atom stereocenters. The monoisotopic (exact) mass is 527 g/mol. The Balaban J connectivity index is 1.54. The number of rotatable bonds is 9. The zero-order chi connectivity index (χ0) is 27.6. The van der Waals surface area contributed by atoms with Gasteiger partial charge in [0.1, 0.15) is 17.1 Å². The number of aliphatic hydroxyl groups excluding tert-OH is 2. The number of carbonyl (C=O) groups excluding carboxylic acids is 3. The van der Waals surface area contributed by atoms with Crippen LogP contribution in [-0.4, -0.2) is 66.6 Å². The number of phenolic OH excluding ortho intramolecular Hbond substituents is 1. The van der Waals surface area contributed by atoms with E-state index < -0.39 is 41.5 Å². The number of nitrogens with zero attached hydrogens (tertiary/aromatic N) is 1. The summed E-state index contributed by atoms with van der Waals surface area (Å²) in [6, 6.07) is 2.00. The third-order valence-electron chi connectivity index (χ3n) is 8.69. The first-order chi connectivity index (χ1) is 18.1. The van der Waals surface area contributed by atoms with Crippen LogP contribution >= 0.6 is 0 Å². The summed E-state index contributed by atoms with van der Waals surface area (Å²) in [5, 5.41) is 35.0. The van der Waals surface area contributed by atoms with E-state index in [1.165, 1.54) is 12.8 Å². The minimum atomic E-state index is -0.996. The smallest absolute Gasteiger partial charge is 0.255 e. The molecule has 9 nitrogen and oxygen atoms in total. The van der Waals surface area contributed by atoms with Crippen molar-refractivity contribution in [1.82, 2.24) is 5.32 Å². The number of primary amides is 1. The van der Waals surface area contributed by atoms with Gasteiger partial charge in [-0.15, -0.1) is 0 Å². The average molecular weight is 528 g/mol. The lowest BCUT2D eigenvalue weighted by atomic mass is 9.70. The molecule has 3 unspecified atom stereocenters. The number of ketones is 2. The fraction of sp³-hybridized carbons (Fsp3) is 0.621. The summed E-state index contributed by atoms with van der Waals surface area (Å²) >= 11 is 0. The van der Waals surface area contributed by atoms with Gasteiger partial charge in [-0.25, -0.2) is 0 Å². The van der Waals surface area contributed by atoms with E-state index in [9.17, 15) is 29.7 Å². The number of carbonyl (C=O) groups is 3. The van der Waals surface area contributed by atoms with E-state index in [2.05, 4.69) is 5.32 Å².